The summed E-state index contributed by atoms with van der Waals surface area (Å²) in [6, 6.07) is 0. The van der Waals surface area contributed by atoms with Crippen LogP contribution in [0.25, 0.3) is 11.4 Å². The summed E-state index contributed by atoms with van der Waals surface area (Å²) in [5, 5.41) is 0. The maximum absolute atomic E-state index is 5.98. The molecule has 2 heterocycles. The molecule has 0 radical (unpaired) electrons. The standard InChI is InChI=1S/C11H18N6/c1-3-5-9-15-10(11(12)17(9)13)8-6-14-7-16(8)4-2/h6-7H,3-5,12-13H2,1-2H3. The molecular weight excluding hydrogens is 216 g/mol. The molecule has 0 bridgehead atoms. The SMILES string of the molecule is CCCc1nc(-c2cncn2CC)c(N)n1N. The number of rotatable bonds is 4. The van der Waals surface area contributed by atoms with E-state index in [1.807, 2.05) is 11.5 Å². The molecule has 2 aromatic heterocycles. The molecular formula is C11H18N6. The fourth-order valence-electron chi connectivity index (χ4n) is 1.85. The average Bonchev–Trinajstić information content (AvgIpc) is 2.89. The average molecular weight is 234 g/mol. The van der Waals surface area contributed by atoms with Crippen molar-refractivity contribution in [1.82, 2.24) is 19.2 Å². The van der Waals surface area contributed by atoms with E-state index < -0.39 is 0 Å². The van der Waals surface area contributed by atoms with E-state index in [4.69, 9.17) is 11.6 Å². The molecule has 17 heavy (non-hydrogen) atoms. The molecule has 0 amide bonds. The maximum atomic E-state index is 5.98. The molecule has 2 aromatic rings. The first-order chi connectivity index (χ1) is 8.19. The number of hydrogen-bond acceptors (Lipinski definition) is 4. The Bertz CT molecular complexity index is 510. The van der Waals surface area contributed by atoms with Crippen LogP contribution in [0.2, 0.25) is 0 Å². The van der Waals surface area contributed by atoms with Crippen LogP contribution in [0.4, 0.5) is 5.82 Å². The van der Waals surface area contributed by atoms with Gasteiger partial charge in [0.05, 0.1) is 18.2 Å². The Labute approximate surface area is 100 Å². The summed E-state index contributed by atoms with van der Waals surface area (Å²) < 4.78 is 3.46. The first kappa shape index (κ1) is 11.5. The summed E-state index contributed by atoms with van der Waals surface area (Å²) in [5.41, 5.74) is 7.61. The first-order valence-electron chi connectivity index (χ1n) is 5.81. The van der Waals surface area contributed by atoms with E-state index in [9.17, 15) is 0 Å². The molecule has 6 heteroatoms. The smallest absolute Gasteiger partial charge is 0.152 e. The zero-order valence-corrected chi connectivity index (χ0v) is 10.2. The van der Waals surface area contributed by atoms with E-state index in [0.717, 1.165) is 36.6 Å². The summed E-state index contributed by atoms with van der Waals surface area (Å²) in [6.07, 6.45) is 5.34. The van der Waals surface area contributed by atoms with E-state index >= 15 is 0 Å². The lowest BCUT2D eigenvalue weighted by Crippen LogP contribution is -2.15. The third-order valence-corrected chi connectivity index (χ3v) is 2.79. The second-order valence-corrected chi connectivity index (χ2v) is 3.95. The van der Waals surface area contributed by atoms with Crippen LogP contribution in [0.15, 0.2) is 12.5 Å². The molecule has 4 N–H and O–H groups in total. The molecule has 0 unspecified atom stereocenters. The summed E-state index contributed by atoms with van der Waals surface area (Å²) in [6.45, 7) is 4.96. The van der Waals surface area contributed by atoms with Crippen molar-refractivity contribution in [2.45, 2.75) is 33.2 Å². The molecule has 2 rings (SSSR count). The normalized spacial score (nSPS) is 10.9. The highest BCUT2D eigenvalue weighted by atomic mass is 15.4. The van der Waals surface area contributed by atoms with Gasteiger partial charge in [-0.15, -0.1) is 0 Å². The van der Waals surface area contributed by atoms with Gasteiger partial charge in [-0.3, -0.25) is 0 Å². The number of anilines is 1. The van der Waals surface area contributed by atoms with Crippen LogP contribution >= 0.6 is 0 Å². The van der Waals surface area contributed by atoms with Crippen molar-refractivity contribution in [3.63, 3.8) is 0 Å². The minimum atomic E-state index is 0.489. The van der Waals surface area contributed by atoms with Crippen molar-refractivity contribution in [3.8, 4) is 11.4 Å². The number of nitrogen functional groups attached to an aromatic ring is 2. The van der Waals surface area contributed by atoms with Crippen molar-refractivity contribution in [3.05, 3.63) is 18.3 Å². The monoisotopic (exact) mass is 234 g/mol. The number of imidazole rings is 2. The van der Waals surface area contributed by atoms with Gasteiger partial charge in [0, 0.05) is 13.0 Å². The zero-order chi connectivity index (χ0) is 12.4. The van der Waals surface area contributed by atoms with Crippen molar-refractivity contribution >= 4 is 5.82 Å². The van der Waals surface area contributed by atoms with Crippen LogP contribution in [0, 0.1) is 0 Å². The number of nitrogens with zero attached hydrogens (tertiary/aromatic N) is 4. The maximum Gasteiger partial charge on any atom is 0.152 e. The molecule has 0 aliphatic rings. The van der Waals surface area contributed by atoms with Gasteiger partial charge in [-0.1, -0.05) is 6.92 Å². The lowest BCUT2D eigenvalue weighted by molar-refractivity contribution is 0.766. The number of nitrogens with two attached hydrogens (primary N) is 2. The third kappa shape index (κ3) is 1.86. The highest BCUT2D eigenvalue weighted by molar-refractivity contribution is 5.68. The van der Waals surface area contributed by atoms with Gasteiger partial charge in [0.25, 0.3) is 0 Å². The van der Waals surface area contributed by atoms with Crippen LogP contribution in [0.1, 0.15) is 26.1 Å². The Morgan fingerprint density at radius 3 is 2.76 bits per heavy atom. The molecule has 0 fully saturated rings. The summed E-state index contributed by atoms with van der Waals surface area (Å²) in [5.74, 6) is 7.19. The lowest BCUT2D eigenvalue weighted by Gasteiger charge is -2.03. The summed E-state index contributed by atoms with van der Waals surface area (Å²) >= 11 is 0. The predicted molar refractivity (Wildman–Crippen MR) is 67.7 cm³/mol. The topological polar surface area (TPSA) is 87.7 Å². The Kier molecular flexibility index (Phi) is 3.03. The molecule has 0 atom stereocenters. The van der Waals surface area contributed by atoms with E-state index in [-0.39, 0.29) is 0 Å². The van der Waals surface area contributed by atoms with Crippen molar-refractivity contribution < 1.29 is 0 Å². The predicted octanol–water partition coefficient (Wildman–Crippen LogP) is 1.01. The largest absolute Gasteiger partial charge is 0.382 e. The van der Waals surface area contributed by atoms with Crippen LogP contribution in [0.3, 0.4) is 0 Å². The van der Waals surface area contributed by atoms with Crippen LogP contribution in [0.5, 0.6) is 0 Å². The number of hydrogen-bond donors (Lipinski definition) is 2. The van der Waals surface area contributed by atoms with Gasteiger partial charge >= 0.3 is 0 Å². The van der Waals surface area contributed by atoms with Crippen LogP contribution in [-0.2, 0) is 13.0 Å². The van der Waals surface area contributed by atoms with Gasteiger partial charge in [-0.05, 0) is 13.3 Å². The van der Waals surface area contributed by atoms with Gasteiger partial charge in [0.15, 0.2) is 5.82 Å². The Morgan fingerprint density at radius 2 is 2.12 bits per heavy atom. The fourth-order valence-corrected chi connectivity index (χ4v) is 1.85. The molecule has 0 aliphatic heterocycles. The minimum Gasteiger partial charge on any atom is -0.382 e. The molecule has 92 valence electrons. The molecule has 6 nitrogen and oxygen atoms in total. The highest BCUT2D eigenvalue weighted by Crippen LogP contribution is 2.25. The second-order valence-electron chi connectivity index (χ2n) is 3.95. The molecule has 0 aromatic carbocycles. The van der Waals surface area contributed by atoms with E-state index in [1.165, 1.54) is 4.68 Å². The van der Waals surface area contributed by atoms with E-state index in [1.54, 1.807) is 12.5 Å². The number of aromatic nitrogens is 4. The lowest BCUT2D eigenvalue weighted by atomic mass is 10.3. The minimum absolute atomic E-state index is 0.489. The highest BCUT2D eigenvalue weighted by Gasteiger charge is 2.16. The second kappa shape index (κ2) is 4.48. The van der Waals surface area contributed by atoms with Gasteiger partial charge in [0.1, 0.15) is 11.5 Å². The van der Waals surface area contributed by atoms with Crippen molar-refractivity contribution in [2.75, 3.05) is 11.6 Å². The van der Waals surface area contributed by atoms with Gasteiger partial charge in [0.2, 0.25) is 0 Å². The first-order valence-corrected chi connectivity index (χ1v) is 5.81. The molecule has 0 saturated carbocycles. The number of aryl methyl sites for hydroxylation is 2. The Balaban J connectivity index is 2.49. The van der Waals surface area contributed by atoms with Crippen LogP contribution < -0.4 is 11.6 Å². The van der Waals surface area contributed by atoms with Crippen LogP contribution in [-0.4, -0.2) is 19.2 Å². The van der Waals surface area contributed by atoms with Crippen molar-refractivity contribution in [2.24, 2.45) is 0 Å². The fraction of sp³-hybridized carbons (Fsp3) is 0.455. The van der Waals surface area contributed by atoms with Gasteiger partial charge < -0.3 is 16.1 Å². The summed E-state index contributed by atoms with van der Waals surface area (Å²) in [4.78, 5) is 8.61. The van der Waals surface area contributed by atoms with Crippen molar-refractivity contribution in [1.29, 1.82) is 0 Å². The molecule has 0 saturated heterocycles. The van der Waals surface area contributed by atoms with E-state index in [2.05, 4.69) is 16.9 Å². The zero-order valence-electron chi connectivity index (χ0n) is 10.2. The quantitative estimate of drug-likeness (QED) is 0.773. The Hall–Kier alpha value is -1.98. The van der Waals surface area contributed by atoms with Gasteiger partial charge in [-0.25, -0.2) is 14.6 Å². The summed E-state index contributed by atoms with van der Waals surface area (Å²) in [7, 11) is 0. The molecule has 0 spiro atoms. The third-order valence-electron chi connectivity index (χ3n) is 2.79. The molecule has 0 aliphatic carbocycles. The Morgan fingerprint density at radius 1 is 1.35 bits per heavy atom. The van der Waals surface area contributed by atoms with Gasteiger partial charge in [-0.2, -0.15) is 0 Å². The van der Waals surface area contributed by atoms with E-state index in [0.29, 0.717) is 5.82 Å².